The highest BCUT2D eigenvalue weighted by molar-refractivity contribution is 5.38. The predicted octanol–water partition coefficient (Wildman–Crippen LogP) is 2.57. The van der Waals surface area contributed by atoms with Crippen LogP contribution in [0.2, 0.25) is 0 Å². The lowest BCUT2D eigenvalue weighted by molar-refractivity contribution is 0.186. The van der Waals surface area contributed by atoms with Crippen molar-refractivity contribution in [2.24, 2.45) is 0 Å². The van der Waals surface area contributed by atoms with Crippen molar-refractivity contribution in [3.8, 4) is 5.75 Å². The molecular weight excluding hydrogens is 244 g/mol. The summed E-state index contributed by atoms with van der Waals surface area (Å²) in [5.74, 6) is 1.68. The molecule has 1 aromatic carbocycles. The van der Waals surface area contributed by atoms with Crippen molar-refractivity contribution in [1.82, 2.24) is 10.2 Å². The maximum absolute atomic E-state index is 9.70. The SMILES string of the molecule is CCc1nnc(COc2cc(C)ccc2[C@H](C)O)o1. The van der Waals surface area contributed by atoms with E-state index in [-0.39, 0.29) is 6.61 Å². The Labute approximate surface area is 112 Å². The van der Waals surface area contributed by atoms with E-state index in [1.165, 1.54) is 0 Å². The molecule has 0 aliphatic heterocycles. The predicted molar refractivity (Wildman–Crippen MR) is 69.8 cm³/mol. The normalized spacial score (nSPS) is 12.4. The molecule has 0 amide bonds. The standard InChI is InChI=1S/C14H18N2O3/c1-4-13-15-16-14(19-13)8-18-12-7-9(2)5-6-11(12)10(3)17/h5-7,10,17H,4,8H2,1-3H3/t10-/m0/s1. The van der Waals surface area contributed by atoms with Gasteiger partial charge >= 0.3 is 0 Å². The van der Waals surface area contributed by atoms with Crippen molar-refractivity contribution in [2.75, 3.05) is 0 Å². The smallest absolute Gasteiger partial charge is 0.253 e. The fourth-order valence-electron chi connectivity index (χ4n) is 1.74. The van der Waals surface area contributed by atoms with E-state index in [0.29, 0.717) is 24.0 Å². The number of aryl methyl sites for hydroxylation is 2. The molecule has 0 fully saturated rings. The third-order valence-corrected chi connectivity index (χ3v) is 2.78. The molecular formula is C14H18N2O3. The van der Waals surface area contributed by atoms with E-state index >= 15 is 0 Å². The van der Waals surface area contributed by atoms with Crippen LogP contribution in [0.5, 0.6) is 5.75 Å². The van der Waals surface area contributed by atoms with E-state index in [1.54, 1.807) is 6.92 Å². The van der Waals surface area contributed by atoms with Gasteiger partial charge in [-0.3, -0.25) is 0 Å². The van der Waals surface area contributed by atoms with E-state index in [9.17, 15) is 5.11 Å². The molecule has 5 nitrogen and oxygen atoms in total. The fraction of sp³-hybridized carbons (Fsp3) is 0.429. The number of aromatic nitrogens is 2. The summed E-state index contributed by atoms with van der Waals surface area (Å²) in [5, 5.41) is 17.5. The largest absolute Gasteiger partial charge is 0.483 e. The Bertz CT molecular complexity index is 549. The van der Waals surface area contributed by atoms with Gasteiger partial charge < -0.3 is 14.3 Å². The molecule has 0 aliphatic rings. The van der Waals surface area contributed by atoms with E-state index in [2.05, 4.69) is 10.2 Å². The third kappa shape index (κ3) is 3.32. The monoisotopic (exact) mass is 262 g/mol. The van der Waals surface area contributed by atoms with Crippen molar-refractivity contribution >= 4 is 0 Å². The molecule has 2 aromatic rings. The summed E-state index contributed by atoms with van der Waals surface area (Å²) in [5.41, 5.74) is 1.82. The minimum Gasteiger partial charge on any atom is -0.483 e. The maximum atomic E-state index is 9.70. The maximum Gasteiger partial charge on any atom is 0.253 e. The van der Waals surface area contributed by atoms with Crippen LogP contribution >= 0.6 is 0 Å². The fourth-order valence-corrected chi connectivity index (χ4v) is 1.74. The minimum atomic E-state index is -0.579. The van der Waals surface area contributed by atoms with Gasteiger partial charge in [-0.2, -0.15) is 0 Å². The van der Waals surface area contributed by atoms with Crippen LogP contribution < -0.4 is 4.74 Å². The van der Waals surface area contributed by atoms with Crippen LogP contribution in [0.4, 0.5) is 0 Å². The highest BCUT2D eigenvalue weighted by Crippen LogP contribution is 2.26. The van der Waals surface area contributed by atoms with E-state index in [4.69, 9.17) is 9.15 Å². The van der Waals surface area contributed by atoms with Crippen LogP contribution in [-0.2, 0) is 13.0 Å². The highest BCUT2D eigenvalue weighted by atomic mass is 16.5. The van der Waals surface area contributed by atoms with Gasteiger partial charge in [-0.15, -0.1) is 10.2 Å². The Hall–Kier alpha value is -1.88. The molecule has 2 rings (SSSR count). The summed E-state index contributed by atoms with van der Waals surface area (Å²) in [7, 11) is 0. The summed E-state index contributed by atoms with van der Waals surface area (Å²) >= 11 is 0. The van der Waals surface area contributed by atoms with Gasteiger partial charge in [0, 0.05) is 12.0 Å². The number of nitrogens with zero attached hydrogens (tertiary/aromatic N) is 2. The Morgan fingerprint density at radius 1 is 1.32 bits per heavy atom. The molecule has 19 heavy (non-hydrogen) atoms. The molecule has 0 saturated carbocycles. The number of hydrogen-bond donors (Lipinski definition) is 1. The van der Waals surface area contributed by atoms with Gasteiger partial charge in [0.05, 0.1) is 6.10 Å². The van der Waals surface area contributed by atoms with Gasteiger partial charge in [0.15, 0.2) is 6.61 Å². The molecule has 0 radical (unpaired) electrons. The Kier molecular flexibility index (Phi) is 4.16. The summed E-state index contributed by atoms with van der Waals surface area (Å²) in [6, 6.07) is 5.69. The van der Waals surface area contributed by atoms with Crippen molar-refractivity contribution in [3.05, 3.63) is 41.1 Å². The number of hydrogen-bond acceptors (Lipinski definition) is 5. The van der Waals surface area contributed by atoms with Gasteiger partial charge in [0.2, 0.25) is 5.89 Å². The number of aliphatic hydroxyl groups excluding tert-OH is 1. The zero-order valence-corrected chi connectivity index (χ0v) is 11.4. The zero-order chi connectivity index (χ0) is 13.8. The molecule has 1 N–H and O–H groups in total. The van der Waals surface area contributed by atoms with Crippen LogP contribution in [-0.4, -0.2) is 15.3 Å². The van der Waals surface area contributed by atoms with Crippen molar-refractivity contribution in [2.45, 2.75) is 39.9 Å². The first kappa shape index (κ1) is 13.5. The van der Waals surface area contributed by atoms with E-state index in [1.807, 2.05) is 32.0 Å². The van der Waals surface area contributed by atoms with Crippen molar-refractivity contribution in [1.29, 1.82) is 0 Å². The zero-order valence-electron chi connectivity index (χ0n) is 11.4. The highest BCUT2D eigenvalue weighted by Gasteiger charge is 2.11. The summed E-state index contributed by atoms with van der Waals surface area (Å²) in [6.45, 7) is 5.83. The molecule has 0 saturated heterocycles. The van der Waals surface area contributed by atoms with Crippen LogP contribution in [0.25, 0.3) is 0 Å². The molecule has 0 unspecified atom stereocenters. The summed E-state index contributed by atoms with van der Waals surface area (Å²) in [4.78, 5) is 0. The molecule has 0 bridgehead atoms. The quantitative estimate of drug-likeness (QED) is 0.896. The van der Waals surface area contributed by atoms with Crippen molar-refractivity contribution in [3.63, 3.8) is 0 Å². The average Bonchev–Trinajstić information content (AvgIpc) is 2.84. The molecule has 5 heteroatoms. The van der Waals surface area contributed by atoms with Crippen LogP contribution in [0.3, 0.4) is 0 Å². The van der Waals surface area contributed by atoms with Gasteiger partial charge in [0.1, 0.15) is 5.75 Å². The minimum absolute atomic E-state index is 0.205. The first-order chi connectivity index (χ1) is 9.10. The number of aliphatic hydroxyl groups is 1. The average molecular weight is 262 g/mol. The van der Waals surface area contributed by atoms with E-state index in [0.717, 1.165) is 11.1 Å². The van der Waals surface area contributed by atoms with Gasteiger partial charge in [-0.25, -0.2) is 0 Å². The van der Waals surface area contributed by atoms with Gasteiger partial charge in [-0.1, -0.05) is 19.1 Å². The second-order valence-corrected chi connectivity index (χ2v) is 4.45. The molecule has 102 valence electrons. The Balaban J connectivity index is 2.12. The molecule has 0 aliphatic carbocycles. The van der Waals surface area contributed by atoms with Crippen LogP contribution in [0.15, 0.2) is 22.6 Å². The first-order valence-corrected chi connectivity index (χ1v) is 6.32. The second kappa shape index (κ2) is 5.84. The number of benzene rings is 1. The summed E-state index contributed by atoms with van der Waals surface area (Å²) in [6.07, 6.45) is 0.126. The number of ether oxygens (including phenoxy) is 1. The molecule has 0 spiro atoms. The first-order valence-electron chi connectivity index (χ1n) is 6.32. The van der Waals surface area contributed by atoms with Gasteiger partial charge in [0.25, 0.3) is 5.89 Å². The van der Waals surface area contributed by atoms with Crippen LogP contribution in [0.1, 0.15) is 42.9 Å². The van der Waals surface area contributed by atoms with Crippen LogP contribution in [0, 0.1) is 6.92 Å². The third-order valence-electron chi connectivity index (χ3n) is 2.78. The van der Waals surface area contributed by atoms with Crippen molar-refractivity contribution < 1.29 is 14.3 Å². The molecule has 1 atom stereocenters. The lowest BCUT2D eigenvalue weighted by Gasteiger charge is -2.13. The Morgan fingerprint density at radius 3 is 2.68 bits per heavy atom. The summed E-state index contributed by atoms with van der Waals surface area (Å²) < 4.78 is 11.0. The lowest BCUT2D eigenvalue weighted by Crippen LogP contribution is -2.01. The Morgan fingerprint density at radius 2 is 2.05 bits per heavy atom. The molecule has 1 heterocycles. The van der Waals surface area contributed by atoms with E-state index < -0.39 is 6.10 Å². The number of rotatable bonds is 5. The van der Waals surface area contributed by atoms with Gasteiger partial charge in [-0.05, 0) is 25.5 Å². The lowest BCUT2D eigenvalue weighted by atomic mass is 10.1. The second-order valence-electron chi connectivity index (χ2n) is 4.45. The molecule has 1 aromatic heterocycles. The topological polar surface area (TPSA) is 68.4 Å².